The van der Waals surface area contributed by atoms with E-state index >= 15 is 0 Å². The molecule has 0 radical (unpaired) electrons. The van der Waals surface area contributed by atoms with Crippen LogP contribution in [-0.4, -0.2) is 43.7 Å². The highest BCUT2D eigenvalue weighted by molar-refractivity contribution is 5.95. The van der Waals surface area contributed by atoms with E-state index in [1.54, 1.807) is 13.2 Å². The van der Waals surface area contributed by atoms with Crippen LogP contribution in [0.15, 0.2) is 18.2 Å². The fraction of sp³-hybridized carbons (Fsp3) is 0.632. The van der Waals surface area contributed by atoms with E-state index in [2.05, 4.69) is 20.8 Å². The van der Waals surface area contributed by atoms with Gasteiger partial charge in [-0.1, -0.05) is 20.8 Å². The molecule has 0 spiro atoms. The second-order valence-corrected chi connectivity index (χ2v) is 7.09. The van der Waals surface area contributed by atoms with Crippen molar-refractivity contribution in [2.45, 2.75) is 39.7 Å². The smallest absolute Gasteiger partial charge is 0.254 e. The van der Waals surface area contributed by atoms with Gasteiger partial charge in [-0.25, -0.2) is 0 Å². The number of halogens is 1. The molecule has 2 unspecified atom stereocenters. The van der Waals surface area contributed by atoms with Gasteiger partial charge in [0.25, 0.3) is 5.91 Å². The van der Waals surface area contributed by atoms with E-state index < -0.39 is 0 Å². The van der Waals surface area contributed by atoms with Crippen LogP contribution in [-0.2, 0) is 0 Å². The summed E-state index contributed by atoms with van der Waals surface area (Å²) in [6.07, 6.45) is 1.99. The van der Waals surface area contributed by atoms with Crippen LogP contribution in [0.3, 0.4) is 0 Å². The number of amides is 1. The van der Waals surface area contributed by atoms with Crippen LogP contribution in [0.1, 0.15) is 44.0 Å². The van der Waals surface area contributed by atoms with Crippen molar-refractivity contribution in [3.05, 3.63) is 23.8 Å². The highest BCUT2D eigenvalue weighted by atomic mass is 35.5. The Hall–Kier alpha value is -1.46. The molecule has 5 nitrogen and oxygen atoms in total. The van der Waals surface area contributed by atoms with Crippen LogP contribution < -0.4 is 15.2 Å². The van der Waals surface area contributed by atoms with E-state index in [0.717, 1.165) is 19.4 Å². The lowest BCUT2D eigenvalue weighted by atomic mass is 9.92. The van der Waals surface area contributed by atoms with E-state index in [1.807, 2.05) is 17.0 Å². The van der Waals surface area contributed by atoms with E-state index in [4.69, 9.17) is 15.2 Å². The summed E-state index contributed by atoms with van der Waals surface area (Å²) < 4.78 is 11.2. The monoisotopic (exact) mass is 370 g/mol. The number of carbonyl (C=O) groups is 1. The molecule has 25 heavy (non-hydrogen) atoms. The first-order valence-corrected chi connectivity index (χ1v) is 8.78. The first kappa shape index (κ1) is 21.6. The van der Waals surface area contributed by atoms with Crippen molar-refractivity contribution in [2.75, 3.05) is 26.8 Å². The molecular weight excluding hydrogens is 340 g/mol. The lowest BCUT2D eigenvalue weighted by Crippen LogP contribution is -2.49. The molecule has 6 heteroatoms. The predicted octanol–water partition coefficient (Wildman–Crippen LogP) is 3.35. The Morgan fingerprint density at radius 1 is 1.36 bits per heavy atom. The lowest BCUT2D eigenvalue weighted by molar-refractivity contribution is 0.0573. The SMILES string of the molecule is COc1cc(C(=O)N2CCC(C)CC2CN)ccc1OCC(C)C.Cl. The summed E-state index contributed by atoms with van der Waals surface area (Å²) in [4.78, 5) is 14.8. The number of ether oxygens (including phenoxy) is 2. The second-order valence-electron chi connectivity index (χ2n) is 7.09. The minimum absolute atomic E-state index is 0. The van der Waals surface area contributed by atoms with Gasteiger partial charge in [0.15, 0.2) is 11.5 Å². The van der Waals surface area contributed by atoms with Crippen molar-refractivity contribution >= 4 is 18.3 Å². The molecule has 0 bridgehead atoms. The first-order chi connectivity index (χ1) is 11.5. The molecule has 2 N–H and O–H groups in total. The minimum Gasteiger partial charge on any atom is -0.493 e. The molecule has 1 aliphatic rings. The summed E-state index contributed by atoms with van der Waals surface area (Å²) >= 11 is 0. The van der Waals surface area contributed by atoms with Gasteiger partial charge in [-0.3, -0.25) is 4.79 Å². The average Bonchev–Trinajstić information content (AvgIpc) is 2.58. The summed E-state index contributed by atoms with van der Waals surface area (Å²) in [5.41, 5.74) is 6.50. The average molecular weight is 371 g/mol. The number of piperidine rings is 1. The Bertz CT molecular complexity index is 566. The molecule has 2 rings (SSSR count). The van der Waals surface area contributed by atoms with Gasteiger partial charge >= 0.3 is 0 Å². The van der Waals surface area contributed by atoms with Crippen LogP contribution in [0.25, 0.3) is 0 Å². The normalized spacial score (nSPS) is 20.2. The third-order valence-corrected chi connectivity index (χ3v) is 4.49. The molecule has 0 saturated carbocycles. The Morgan fingerprint density at radius 2 is 2.08 bits per heavy atom. The van der Waals surface area contributed by atoms with Crippen molar-refractivity contribution < 1.29 is 14.3 Å². The van der Waals surface area contributed by atoms with Gasteiger partial charge in [-0.15, -0.1) is 12.4 Å². The molecule has 0 aliphatic carbocycles. The van der Waals surface area contributed by atoms with E-state index in [1.165, 1.54) is 0 Å². The Labute approximate surface area is 157 Å². The van der Waals surface area contributed by atoms with Gasteiger partial charge < -0.3 is 20.1 Å². The summed E-state index contributed by atoms with van der Waals surface area (Å²) in [5.74, 6) is 2.33. The zero-order valence-electron chi connectivity index (χ0n) is 15.7. The molecular formula is C19H31ClN2O3. The van der Waals surface area contributed by atoms with E-state index in [-0.39, 0.29) is 24.4 Å². The highest BCUT2D eigenvalue weighted by Crippen LogP contribution is 2.30. The fourth-order valence-electron chi connectivity index (χ4n) is 3.08. The number of methoxy groups -OCH3 is 1. The molecule has 1 heterocycles. The number of nitrogens with two attached hydrogens (primary N) is 1. The Kier molecular flexibility index (Phi) is 8.53. The molecule has 1 aromatic rings. The summed E-state index contributed by atoms with van der Waals surface area (Å²) in [6.45, 7) is 8.28. The molecule has 1 fully saturated rings. The molecule has 1 amide bonds. The maximum Gasteiger partial charge on any atom is 0.254 e. The Balaban J connectivity index is 0.00000312. The van der Waals surface area contributed by atoms with Crippen LogP contribution in [0, 0.1) is 11.8 Å². The van der Waals surface area contributed by atoms with Crippen LogP contribution in [0.5, 0.6) is 11.5 Å². The van der Waals surface area contributed by atoms with Crippen molar-refractivity contribution in [3.63, 3.8) is 0 Å². The van der Waals surface area contributed by atoms with Gasteiger partial charge in [0, 0.05) is 24.7 Å². The lowest BCUT2D eigenvalue weighted by Gasteiger charge is -2.38. The number of benzene rings is 1. The quantitative estimate of drug-likeness (QED) is 0.833. The third kappa shape index (κ3) is 5.51. The summed E-state index contributed by atoms with van der Waals surface area (Å²) in [6, 6.07) is 5.51. The van der Waals surface area contributed by atoms with Gasteiger partial charge in [0.05, 0.1) is 13.7 Å². The summed E-state index contributed by atoms with van der Waals surface area (Å²) in [5, 5.41) is 0. The predicted molar refractivity (Wildman–Crippen MR) is 103 cm³/mol. The Morgan fingerprint density at radius 3 is 2.68 bits per heavy atom. The number of nitrogens with zero attached hydrogens (tertiary/aromatic N) is 1. The van der Waals surface area contributed by atoms with Crippen LogP contribution in [0.2, 0.25) is 0 Å². The van der Waals surface area contributed by atoms with Crippen molar-refractivity contribution in [1.82, 2.24) is 4.90 Å². The topological polar surface area (TPSA) is 64.8 Å². The number of likely N-dealkylation sites (tertiary alicyclic amines) is 1. The first-order valence-electron chi connectivity index (χ1n) is 8.78. The molecule has 1 aliphatic heterocycles. The number of hydrogen-bond donors (Lipinski definition) is 1. The number of hydrogen-bond acceptors (Lipinski definition) is 4. The molecule has 1 aromatic carbocycles. The van der Waals surface area contributed by atoms with Gasteiger partial charge in [-0.2, -0.15) is 0 Å². The van der Waals surface area contributed by atoms with Gasteiger partial charge in [0.1, 0.15) is 0 Å². The van der Waals surface area contributed by atoms with Crippen molar-refractivity contribution in [2.24, 2.45) is 17.6 Å². The van der Waals surface area contributed by atoms with Crippen molar-refractivity contribution in [1.29, 1.82) is 0 Å². The summed E-state index contributed by atoms with van der Waals surface area (Å²) in [7, 11) is 1.59. The zero-order chi connectivity index (χ0) is 17.7. The molecule has 0 aromatic heterocycles. The van der Waals surface area contributed by atoms with Crippen LogP contribution in [0.4, 0.5) is 0 Å². The maximum absolute atomic E-state index is 12.9. The zero-order valence-corrected chi connectivity index (χ0v) is 16.5. The number of rotatable bonds is 6. The fourth-order valence-corrected chi connectivity index (χ4v) is 3.08. The standard InChI is InChI=1S/C19H30N2O3.ClH/c1-13(2)12-24-17-6-5-15(10-18(17)23-4)19(22)21-8-7-14(3)9-16(21)11-20;/h5-6,10,13-14,16H,7-9,11-12,20H2,1-4H3;1H. The van der Waals surface area contributed by atoms with E-state index in [9.17, 15) is 4.79 Å². The molecule has 142 valence electrons. The molecule has 2 atom stereocenters. The van der Waals surface area contributed by atoms with Gasteiger partial charge in [0.2, 0.25) is 0 Å². The van der Waals surface area contributed by atoms with E-state index in [0.29, 0.717) is 42.0 Å². The largest absolute Gasteiger partial charge is 0.493 e. The maximum atomic E-state index is 12.9. The van der Waals surface area contributed by atoms with Crippen LogP contribution >= 0.6 is 12.4 Å². The highest BCUT2D eigenvalue weighted by Gasteiger charge is 2.29. The van der Waals surface area contributed by atoms with Crippen molar-refractivity contribution in [3.8, 4) is 11.5 Å². The van der Waals surface area contributed by atoms with Gasteiger partial charge in [-0.05, 0) is 42.9 Å². The minimum atomic E-state index is 0. The second kappa shape index (κ2) is 9.88. The number of carbonyl (C=O) groups excluding carboxylic acids is 1. The molecule has 1 saturated heterocycles. The third-order valence-electron chi connectivity index (χ3n) is 4.49.